The first-order chi connectivity index (χ1) is 12.8. The van der Waals surface area contributed by atoms with Crippen LogP contribution in [0.3, 0.4) is 0 Å². The number of nitrogens with zero attached hydrogens (tertiary/aromatic N) is 3. The molecule has 0 radical (unpaired) electrons. The Morgan fingerprint density at radius 1 is 1.32 bits per heavy atom. The van der Waals surface area contributed by atoms with Crippen molar-refractivity contribution in [3.8, 4) is 0 Å². The van der Waals surface area contributed by atoms with Gasteiger partial charge in [0.15, 0.2) is 0 Å². The molecule has 154 valence electrons. The third-order valence-corrected chi connectivity index (χ3v) is 5.01. The van der Waals surface area contributed by atoms with Gasteiger partial charge in [0.25, 0.3) is 0 Å². The quantitative estimate of drug-likeness (QED) is 0.829. The number of imidazole rings is 1. The molecular formula is C19H24ClF3N4O. The summed E-state index contributed by atoms with van der Waals surface area (Å²) in [5, 5.41) is 3.29. The van der Waals surface area contributed by atoms with Crippen molar-refractivity contribution in [1.29, 1.82) is 0 Å². The van der Waals surface area contributed by atoms with Crippen LogP contribution >= 0.6 is 12.4 Å². The highest BCUT2D eigenvalue weighted by atomic mass is 35.5. The summed E-state index contributed by atoms with van der Waals surface area (Å²) in [5.74, 6) is 0.631. The Balaban J connectivity index is 0.00000280. The number of hydrogen-bond donors (Lipinski definition) is 1. The zero-order valence-electron chi connectivity index (χ0n) is 15.7. The maximum atomic E-state index is 12.9. The van der Waals surface area contributed by atoms with Gasteiger partial charge >= 0.3 is 6.18 Å². The molecule has 0 spiro atoms. The molecule has 1 aliphatic heterocycles. The molecule has 1 fully saturated rings. The Kier molecular flexibility index (Phi) is 7.11. The molecule has 2 atom stereocenters. The van der Waals surface area contributed by atoms with E-state index in [1.807, 2.05) is 29.6 Å². The topological polar surface area (TPSA) is 50.2 Å². The molecule has 1 aliphatic rings. The number of carbonyl (C=O) groups is 1. The van der Waals surface area contributed by atoms with Crippen LogP contribution in [0.2, 0.25) is 0 Å². The van der Waals surface area contributed by atoms with Crippen molar-refractivity contribution >= 4 is 18.3 Å². The number of amides is 1. The Hall–Kier alpha value is -2.06. The van der Waals surface area contributed by atoms with E-state index in [-0.39, 0.29) is 36.7 Å². The van der Waals surface area contributed by atoms with Crippen molar-refractivity contribution in [2.75, 3.05) is 19.6 Å². The van der Waals surface area contributed by atoms with Gasteiger partial charge < -0.3 is 14.8 Å². The number of aryl methyl sites for hydroxylation is 1. The number of hydrogen-bond acceptors (Lipinski definition) is 3. The third-order valence-electron chi connectivity index (χ3n) is 5.01. The van der Waals surface area contributed by atoms with Crippen LogP contribution in [0.15, 0.2) is 36.7 Å². The van der Waals surface area contributed by atoms with Crippen LogP contribution < -0.4 is 5.32 Å². The lowest BCUT2D eigenvalue weighted by atomic mass is 9.95. The summed E-state index contributed by atoms with van der Waals surface area (Å²) >= 11 is 0. The number of rotatable bonds is 4. The Bertz CT molecular complexity index is 791. The van der Waals surface area contributed by atoms with E-state index in [0.29, 0.717) is 19.6 Å². The standard InChI is InChI=1S/C19H23F3N4O.ClH/c1-13(14-3-5-15(6-4-14)19(20,21)22)11-17(27)26-10-7-23-12-16(26)18-24-8-9-25(18)2;/h3-6,8-9,13,16,23H,7,10-12H2,1-2H3;1H. The normalized spacial score (nSPS) is 18.5. The fraction of sp³-hybridized carbons (Fsp3) is 0.474. The summed E-state index contributed by atoms with van der Waals surface area (Å²) < 4.78 is 40.0. The molecule has 0 bridgehead atoms. The van der Waals surface area contributed by atoms with Gasteiger partial charge in [-0.05, 0) is 23.6 Å². The average molecular weight is 417 g/mol. The van der Waals surface area contributed by atoms with E-state index in [0.717, 1.165) is 23.5 Å². The lowest BCUT2D eigenvalue weighted by molar-refractivity contribution is -0.138. The molecule has 3 rings (SSSR count). The van der Waals surface area contributed by atoms with Crippen molar-refractivity contribution in [2.24, 2.45) is 7.05 Å². The molecule has 1 aromatic heterocycles. The average Bonchev–Trinajstić information content (AvgIpc) is 3.07. The first kappa shape index (κ1) is 22.2. The highest BCUT2D eigenvalue weighted by Gasteiger charge is 2.32. The lowest BCUT2D eigenvalue weighted by Crippen LogP contribution is -2.49. The molecule has 1 amide bonds. The van der Waals surface area contributed by atoms with E-state index in [2.05, 4.69) is 10.3 Å². The van der Waals surface area contributed by atoms with Gasteiger partial charge in [-0.2, -0.15) is 13.2 Å². The number of halogens is 4. The second-order valence-electron chi connectivity index (χ2n) is 6.93. The van der Waals surface area contributed by atoms with Gasteiger partial charge in [0, 0.05) is 45.5 Å². The highest BCUT2D eigenvalue weighted by Crippen LogP contribution is 2.31. The van der Waals surface area contributed by atoms with Crippen molar-refractivity contribution in [3.63, 3.8) is 0 Å². The van der Waals surface area contributed by atoms with Gasteiger partial charge in [-0.3, -0.25) is 4.79 Å². The van der Waals surface area contributed by atoms with Crippen LogP contribution in [-0.2, 0) is 18.0 Å². The SMILES string of the molecule is CC(CC(=O)N1CCNCC1c1nccn1C)c1ccc(C(F)(F)F)cc1.Cl. The van der Waals surface area contributed by atoms with E-state index < -0.39 is 11.7 Å². The van der Waals surface area contributed by atoms with Crippen LogP contribution in [0.5, 0.6) is 0 Å². The van der Waals surface area contributed by atoms with Gasteiger partial charge in [0.2, 0.25) is 5.91 Å². The van der Waals surface area contributed by atoms with Crippen LogP contribution in [0.25, 0.3) is 0 Å². The van der Waals surface area contributed by atoms with Gasteiger partial charge in [-0.1, -0.05) is 19.1 Å². The Morgan fingerprint density at radius 3 is 2.57 bits per heavy atom. The molecule has 5 nitrogen and oxygen atoms in total. The number of carbonyl (C=O) groups excluding carboxylic acids is 1. The van der Waals surface area contributed by atoms with E-state index in [1.54, 1.807) is 6.20 Å². The molecule has 2 heterocycles. The summed E-state index contributed by atoms with van der Waals surface area (Å²) in [6, 6.07) is 4.89. The fourth-order valence-electron chi connectivity index (χ4n) is 3.43. The van der Waals surface area contributed by atoms with Crippen molar-refractivity contribution in [1.82, 2.24) is 19.8 Å². The molecule has 28 heavy (non-hydrogen) atoms. The second kappa shape index (κ2) is 8.96. The maximum absolute atomic E-state index is 12.9. The molecule has 1 N–H and O–H groups in total. The minimum atomic E-state index is -4.35. The van der Waals surface area contributed by atoms with Crippen molar-refractivity contribution < 1.29 is 18.0 Å². The largest absolute Gasteiger partial charge is 0.416 e. The van der Waals surface area contributed by atoms with Crippen molar-refractivity contribution in [2.45, 2.75) is 31.5 Å². The van der Waals surface area contributed by atoms with E-state index in [9.17, 15) is 18.0 Å². The predicted octanol–water partition coefficient (Wildman–Crippen LogP) is 3.53. The smallest absolute Gasteiger partial charge is 0.336 e. The van der Waals surface area contributed by atoms with Crippen LogP contribution in [-0.4, -0.2) is 40.0 Å². The van der Waals surface area contributed by atoms with Gasteiger partial charge in [-0.15, -0.1) is 12.4 Å². The third kappa shape index (κ3) is 4.86. The molecule has 0 aliphatic carbocycles. The lowest BCUT2D eigenvalue weighted by Gasteiger charge is -2.36. The number of piperazine rings is 1. The Labute approximate surface area is 168 Å². The minimum absolute atomic E-state index is 0. The van der Waals surface area contributed by atoms with Gasteiger partial charge in [0.05, 0.1) is 5.56 Å². The number of nitrogens with one attached hydrogen (secondary N) is 1. The number of alkyl halides is 3. The van der Waals surface area contributed by atoms with Gasteiger partial charge in [0.1, 0.15) is 11.9 Å². The van der Waals surface area contributed by atoms with Crippen molar-refractivity contribution in [3.05, 3.63) is 53.6 Å². The molecule has 1 saturated heterocycles. The fourth-order valence-corrected chi connectivity index (χ4v) is 3.43. The molecular weight excluding hydrogens is 393 g/mol. The molecule has 0 saturated carbocycles. The van der Waals surface area contributed by atoms with E-state index in [1.165, 1.54) is 12.1 Å². The van der Waals surface area contributed by atoms with Crippen LogP contribution in [0, 0.1) is 0 Å². The summed E-state index contributed by atoms with van der Waals surface area (Å²) in [5.41, 5.74) is 0.0433. The zero-order valence-corrected chi connectivity index (χ0v) is 16.6. The first-order valence-corrected chi connectivity index (χ1v) is 8.92. The van der Waals surface area contributed by atoms with Gasteiger partial charge in [-0.25, -0.2) is 4.98 Å². The molecule has 2 aromatic rings. The van der Waals surface area contributed by atoms with E-state index in [4.69, 9.17) is 0 Å². The second-order valence-corrected chi connectivity index (χ2v) is 6.93. The highest BCUT2D eigenvalue weighted by molar-refractivity contribution is 5.85. The zero-order chi connectivity index (χ0) is 19.6. The minimum Gasteiger partial charge on any atom is -0.336 e. The van der Waals surface area contributed by atoms with Crippen LogP contribution in [0.4, 0.5) is 13.2 Å². The monoisotopic (exact) mass is 416 g/mol. The number of aromatic nitrogens is 2. The predicted molar refractivity (Wildman–Crippen MR) is 102 cm³/mol. The molecule has 9 heteroatoms. The number of benzene rings is 1. The summed E-state index contributed by atoms with van der Waals surface area (Å²) in [6.45, 7) is 3.78. The molecule has 2 unspecified atom stereocenters. The summed E-state index contributed by atoms with van der Waals surface area (Å²) in [4.78, 5) is 19.1. The Morgan fingerprint density at radius 2 is 2.00 bits per heavy atom. The van der Waals surface area contributed by atoms with Crippen LogP contribution in [0.1, 0.15) is 42.3 Å². The summed E-state index contributed by atoms with van der Waals surface area (Å²) in [7, 11) is 1.89. The summed E-state index contributed by atoms with van der Waals surface area (Å²) in [6.07, 6.45) is -0.561. The first-order valence-electron chi connectivity index (χ1n) is 8.92. The maximum Gasteiger partial charge on any atom is 0.416 e. The molecule has 1 aromatic carbocycles. The van der Waals surface area contributed by atoms with E-state index >= 15 is 0 Å².